The number of anilines is 1. The SMILES string of the molecule is CCCSC1=NC(=Cc2ccc(Cl)c(Cl)c2)C(=O)N1c1ccccc1F. The fourth-order valence-electron chi connectivity index (χ4n) is 2.39. The Morgan fingerprint density at radius 3 is 2.65 bits per heavy atom. The van der Waals surface area contributed by atoms with E-state index in [1.807, 2.05) is 6.92 Å². The van der Waals surface area contributed by atoms with Gasteiger partial charge in [0.1, 0.15) is 11.5 Å². The number of nitrogens with zero attached hydrogens (tertiary/aromatic N) is 2. The van der Waals surface area contributed by atoms with Gasteiger partial charge in [-0.1, -0.05) is 60.1 Å². The summed E-state index contributed by atoms with van der Waals surface area (Å²) in [5.41, 5.74) is 1.12. The van der Waals surface area contributed by atoms with Gasteiger partial charge in [-0.3, -0.25) is 9.69 Å². The second-order valence-electron chi connectivity index (χ2n) is 5.54. The van der Waals surface area contributed by atoms with Crippen LogP contribution in [0.2, 0.25) is 10.0 Å². The number of halogens is 3. The van der Waals surface area contributed by atoms with Crippen molar-refractivity contribution in [3.8, 4) is 0 Å². The van der Waals surface area contributed by atoms with E-state index in [-0.39, 0.29) is 17.3 Å². The summed E-state index contributed by atoms with van der Waals surface area (Å²) in [6.45, 7) is 2.03. The highest BCUT2D eigenvalue weighted by molar-refractivity contribution is 8.14. The van der Waals surface area contributed by atoms with E-state index < -0.39 is 5.82 Å². The second kappa shape index (κ2) is 8.25. The van der Waals surface area contributed by atoms with Gasteiger partial charge in [-0.05, 0) is 42.3 Å². The molecule has 7 heteroatoms. The number of thioether (sulfide) groups is 1. The number of carbonyl (C=O) groups excluding carboxylic acids is 1. The van der Waals surface area contributed by atoms with Gasteiger partial charge in [0.25, 0.3) is 5.91 Å². The molecular formula is C19H15Cl2FN2OS. The molecule has 0 atom stereocenters. The minimum absolute atomic E-state index is 0.192. The highest BCUT2D eigenvalue weighted by Gasteiger charge is 2.33. The predicted octanol–water partition coefficient (Wildman–Crippen LogP) is 6.02. The summed E-state index contributed by atoms with van der Waals surface area (Å²) < 4.78 is 14.3. The van der Waals surface area contributed by atoms with Crippen molar-refractivity contribution in [2.45, 2.75) is 13.3 Å². The Morgan fingerprint density at radius 1 is 1.19 bits per heavy atom. The zero-order valence-corrected chi connectivity index (χ0v) is 16.2. The molecule has 134 valence electrons. The third kappa shape index (κ3) is 3.95. The molecule has 2 aromatic carbocycles. The molecule has 1 heterocycles. The zero-order valence-electron chi connectivity index (χ0n) is 13.9. The van der Waals surface area contributed by atoms with Crippen LogP contribution in [0.15, 0.2) is 53.2 Å². The minimum atomic E-state index is -0.471. The van der Waals surface area contributed by atoms with E-state index in [4.69, 9.17) is 23.2 Å². The summed E-state index contributed by atoms with van der Waals surface area (Å²) in [7, 11) is 0. The summed E-state index contributed by atoms with van der Waals surface area (Å²) >= 11 is 13.4. The quantitative estimate of drug-likeness (QED) is 0.579. The van der Waals surface area contributed by atoms with Crippen molar-refractivity contribution in [1.82, 2.24) is 0 Å². The summed E-state index contributed by atoms with van der Waals surface area (Å²) in [4.78, 5) is 18.6. The first kappa shape index (κ1) is 19.0. The number of hydrogen-bond acceptors (Lipinski definition) is 3. The largest absolute Gasteiger partial charge is 0.283 e. The van der Waals surface area contributed by atoms with E-state index in [2.05, 4.69) is 4.99 Å². The fourth-order valence-corrected chi connectivity index (χ4v) is 3.56. The Labute approximate surface area is 165 Å². The number of carbonyl (C=O) groups is 1. The van der Waals surface area contributed by atoms with Crippen molar-refractivity contribution in [2.24, 2.45) is 4.99 Å². The van der Waals surface area contributed by atoms with Crippen LogP contribution in [0.25, 0.3) is 6.08 Å². The number of aliphatic imine (C=N–C) groups is 1. The molecule has 3 rings (SSSR count). The monoisotopic (exact) mass is 408 g/mol. The number of amidine groups is 1. The second-order valence-corrected chi connectivity index (χ2v) is 7.41. The first-order valence-electron chi connectivity index (χ1n) is 7.98. The maximum atomic E-state index is 14.3. The standard InChI is InChI=1S/C19H15Cl2FN2OS/c1-2-9-26-19-23-16(11-12-7-8-13(20)14(21)10-12)18(25)24(19)17-6-4-3-5-15(17)22/h3-8,10-11H,2,9H2,1H3. The molecular weight excluding hydrogens is 394 g/mol. The van der Waals surface area contributed by atoms with Gasteiger partial charge in [-0.2, -0.15) is 0 Å². The van der Waals surface area contributed by atoms with Gasteiger partial charge >= 0.3 is 0 Å². The number of rotatable bonds is 4. The van der Waals surface area contributed by atoms with Crippen molar-refractivity contribution < 1.29 is 9.18 Å². The lowest BCUT2D eigenvalue weighted by atomic mass is 10.2. The Morgan fingerprint density at radius 2 is 1.96 bits per heavy atom. The highest BCUT2D eigenvalue weighted by Crippen LogP contribution is 2.32. The normalized spacial score (nSPS) is 15.7. The predicted molar refractivity (Wildman–Crippen MR) is 109 cm³/mol. The maximum absolute atomic E-state index is 14.3. The fraction of sp³-hybridized carbons (Fsp3) is 0.158. The van der Waals surface area contributed by atoms with E-state index in [1.165, 1.54) is 22.7 Å². The van der Waals surface area contributed by atoms with E-state index in [1.54, 1.807) is 42.5 Å². The molecule has 0 bridgehead atoms. The Kier molecular flexibility index (Phi) is 6.01. The van der Waals surface area contributed by atoms with Crippen LogP contribution in [0.4, 0.5) is 10.1 Å². The average Bonchev–Trinajstić information content (AvgIpc) is 2.92. The van der Waals surface area contributed by atoms with Crippen LogP contribution < -0.4 is 4.90 Å². The van der Waals surface area contributed by atoms with Gasteiger partial charge in [0.15, 0.2) is 5.17 Å². The lowest BCUT2D eigenvalue weighted by Gasteiger charge is -2.18. The summed E-state index contributed by atoms with van der Waals surface area (Å²) in [6, 6.07) is 11.2. The van der Waals surface area contributed by atoms with Crippen LogP contribution in [-0.2, 0) is 4.79 Å². The summed E-state index contributed by atoms with van der Waals surface area (Å²) in [5.74, 6) is -0.0712. The molecule has 0 spiro atoms. The Hall–Kier alpha value is -1.82. The summed E-state index contributed by atoms with van der Waals surface area (Å²) in [6.07, 6.45) is 2.53. The first-order chi connectivity index (χ1) is 12.5. The Balaban J connectivity index is 2.01. The highest BCUT2D eigenvalue weighted by atomic mass is 35.5. The molecule has 0 saturated carbocycles. The topological polar surface area (TPSA) is 32.7 Å². The van der Waals surface area contributed by atoms with Crippen LogP contribution in [-0.4, -0.2) is 16.8 Å². The van der Waals surface area contributed by atoms with Crippen molar-refractivity contribution >= 4 is 57.8 Å². The molecule has 1 amide bonds. The molecule has 3 nitrogen and oxygen atoms in total. The van der Waals surface area contributed by atoms with Gasteiger partial charge in [0.2, 0.25) is 0 Å². The lowest BCUT2D eigenvalue weighted by Crippen LogP contribution is -2.31. The number of para-hydroxylation sites is 1. The van der Waals surface area contributed by atoms with Crippen molar-refractivity contribution in [1.29, 1.82) is 0 Å². The average molecular weight is 409 g/mol. The molecule has 0 saturated heterocycles. The molecule has 0 aromatic heterocycles. The van der Waals surface area contributed by atoms with Crippen LogP contribution in [0, 0.1) is 5.82 Å². The molecule has 0 N–H and O–H groups in total. The molecule has 0 aliphatic carbocycles. The molecule has 0 fully saturated rings. The maximum Gasteiger partial charge on any atom is 0.283 e. The summed E-state index contributed by atoms with van der Waals surface area (Å²) in [5, 5.41) is 1.29. The van der Waals surface area contributed by atoms with E-state index in [0.717, 1.165) is 12.2 Å². The van der Waals surface area contributed by atoms with Crippen LogP contribution in [0.3, 0.4) is 0 Å². The van der Waals surface area contributed by atoms with Crippen molar-refractivity contribution in [3.63, 3.8) is 0 Å². The lowest BCUT2D eigenvalue weighted by molar-refractivity contribution is -0.113. The van der Waals surface area contributed by atoms with Crippen molar-refractivity contribution in [3.05, 3.63) is 69.6 Å². The molecule has 1 aliphatic rings. The molecule has 26 heavy (non-hydrogen) atoms. The number of amides is 1. The van der Waals surface area contributed by atoms with Crippen LogP contribution >= 0.6 is 35.0 Å². The zero-order chi connectivity index (χ0) is 18.7. The molecule has 0 unspecified atom stereocenters. The van der Waals surface area contributed by atoms with Gasteiger partial charge in [0.05, 0.1) is 15.7 Å². The molecule has 0 radical (unpaired) electrons. The number of benzene rings is 2. The Bertz CT molecular complexity index is 914. The van der Waals surface area contributed by atoms with Gasteiger partial charge in [-0.15, -0.1) is 0 Å². The van der Waals surface area contributed by atoms with E-state index in [9.17, 15) is 9.18 Å². The smallest absolute Gasteiger partial charge is 0.266 e. The van der Waals surface area contributed by atoms with Gasteiger partial charge in [-0.25, -0.2) is 9.38 Å². The van der Waals surface area contributed by atoms with Gasteiger partial charge in [0, 0.05) is 5.75 Å². The van der Waals surface area contributed by atoms with Gasteiger partial charge < -0.3 is 0 Å². The van der Waals surface area contributed by atoms with Crippen LogP contribution in [0.5, 0.6) is 0 Å². The third-order valence-electron chi connectivity index (χ3n) is 3.61. The van der Waals surface area contributed by atoms with E-state index in [0.29, 0.717) is 20.8 Å². The third-order valence-corrected chi connectivity index (χ3v) is 5.49. The molecule has 2 aromatic rings. The van der Waals surface area contributed by atoms with E-state index >= 15 is 0 Å². The minimum Gasteiger partial charge on any atom is -0.266 e. The molecule has 1 aliphatic heterocycles. The van der Waals surface area contributed by atoms with Crippen molar-refractivity contribution in [2.75, 3.05) is 10.7 Å². The van der Waals surface area contributed by atoms with Crippen LogP contribution in [0.1, 0.15) is 18.9 Å². The number of hydrogen-bond donors (Lipinski definition) is 0. The first-order valence-corrected chi connectivity index (χ1v) is 9.72.